The van der Waals surface area contributed by atoms with E-state index in [0.29, 0.717) is 0 Å². The topological polar surface area (TPSA) is 82.0 Å². The first-order valence-corrected chi connectivity index (χ1v) is 14.7. The molecule has 114 valence electrons. The molecule has 0 radical (unpaired) electrons. The quantitative estimate of drug-likeness (QED) is 0.491. The molecule has 0 aliphatic carbocycles. The molecule has 1 aromatic rings. The van der Waals surface area contributed by atoms with Crippen molar-refractivity contribution in [3.8, 4) is 11.5 Å². The Labute approximate surface area is 123 Å². The first-order chi connectivity index (χ1) is 8.82. The van der Waals surface area contributed by atoms with Crippen LogP contribution in [0.1, 0.15) is 0 Å². The second-order valence-corrected chi connectivity index (χ2v) is 18.0. The van der Waals surface area contributed by atoms with Crippen LogP contribution in [0.5, 0.6) is 11.5 Å². The molecule has 0 saturated heterocycles. The molecule has 20 heavy (non-hydrogen) atoms. The van der Waals surface area contributed by atoms with Crippen molar-refractivity contribution >= 4 is 29.9 Å². The summed E-state index contributed by atoms with van der Waals surface area (Å²) >= 11 is 0. The second kappa shape index (κ2) is 5.75. The molecule has 0 heterocycles. The number of benzene rings is 1. The maximum Gasteiger partial charge on any atom is 0.247 e. The summed E-state index contributed by atoms with van der Waals surface area (Å²) in [6.45, 7) is 11.5. The average Bonchev–Trinajstić information content (AvgIpc) is 2.16. The van der Waals surface area contributed by atoms with Crippen molar-refractivity contribution in [3.63, 3.8) is 0 Å². The van der Waals surface area contributed by atoms with Gasteiger partial charge in [0.05, 0.1) is 0 Å². The van der Waals surface area contributed by atoms with Crippen LogP contribution in [0.15, 0.2) is 18.2 Å². The Hall–Kier alpha value is -0.436. The number of hydrogen-bond acceptors (Lipinski definition) is 5. The van der Waals surface area contributed by atoms with Gasteiger partial charge in [-0.3, -0.25) is 8.43 Å². The van der Waals surface area contributed by atoms with Crippen molar-refractivity contribution in [2.24, 2.45) is 0 Å². The third-order valence-corrected chi connectivity index (χ3v) is 9.28. The molecule has 0 aliphatic heterocycles. The summed E-state index contributed by atoms with van der Waals surface area (Å²) < 4.78 is 11.6. The lowest BCUT2D eigenvalue weighted by Gasteiger charge is -2.36. The minimum atomic E-state index is -3.51. The van der Waals surface area contributed by atoms with Crippen LogP contribution in [0.2, 0.25) is 39.3 Å². The monoisotopic (exact) mass is 334 g/mol. The molecule has 0 unspecified atom stereocenters. The molecule has 0 fully saturated rings. The smallest absolute Gasteiger partial charge is 0.247 e. The van der Waals surface area contributed by atoms with Crippen molar-refractivity contribution in [1.29, 1.82) is 0 Å². The van der Waals surface area contributed by atoms with Gasteiger partial charge in [-0.1, -0.05) is 0 Å². The van der Waals surface area contributed by atoms with Crippen LogP contribution >= 0.6 is 7.94 Å². The van der Waals surface area contributed by atoms with Crippen LogP contribution in [0.25, 0.3) is 0 Å². The van der Waals surface area contributed by atoms with Gasteiger partial charge in [0.2, 0.25) is 24.6 Å². The number of phenolic OH excluding ortho intramolecular Hbond substituents is 2. The van der Waals surface area contributed by atoms with E-state index in [2.05, 4.69) is 0 Å². The van der Waals surface area contributed by atoms with E-state index in [1.54, 1.807) is 0 Å². The second-order valence-electron chi connectivity index (χ2n) is 6.58. The SMILES string of the molecule is C[Si](C)(C)O[P+]([O-])(O[Si](C)(C)C)c1ccc(O)c(O)c1. The van der Waals surface area contributed by atoms with E-state index in [4.69, 9.17) is 8.43 Å². The molecule has 0 bridgehead atoms. The van der Waals surface area contributed by atoms with E-state index in [1.165, 1.54) is 18.2 Å². The first kappa shape index (κ1) is 17.6. The van der Waals surface area contributed by atoms with Gasteiger partial charge in [0.15, 0.2) is 11.5 Å². The summed E-state index contributed by atoms with van der Waals surface area (Å²) in [6, 6.07) is 4.00. The van der Waals surface area contributed by atoms with Gasteiger partial charge < -0.3 is 15.1 Å². The lowest BCUT2D eigenvalue weighted by Crippen LogP contribution is -2.41. The minimum absolute atomic E-state index is 0.263. The van der Waals surface area contributed by atoms with Crippen molar-refractivity contribution in [2.75, 3.05) is 0 Å². The van der Waals surface area contributed by atoms with Crippen molar-refractivity contribution in [2.45, 2.75) is 39.3 Å². The van der Waals surface area contributed by atoms with Crippen LogP contribution in [0.3, 0.4) is 0 Å². The van der Waals surface area contributed by atoms with Crippen LogP contribution in [-0.2, 0) is 8.43 Å². The van der Waals surface area contributed by atoms with Gasteiger partial charge in [-0.05, 0) is 51.4 Å². The molecule has 0 saturated carbocycles. The molecule has 0 amide bonds. The zero-order valence-corrected chi connectivity index (χ0v) is 15.7. The standard InChI is InChI=1S/C12H23O5PSi2/c1-19(2,3)16-18(15,17-20(4,5)6)10-7-8-11(13)12(14)9-10/h7-9,13-14H,1-6H3. The average molecular weight is 334 g/mol. The Balaban J connectivity index is 3.25. The zero-order valence-electron chi connectivity index (χ0n) is 12.8. The number of phenols is 2. The molecule has 0 spiro atoms. The number of hydrogen-bond donors (Lipinski definition) is 2. The summed E-state index contributed by atoms with van der Waals surface area (Å²) in [5.74, 6) is -0.595. The van der Waals surface area contributed by atoms with Crippen LogP contribution < -0.4 is 10.2 Å². The Morgan fingerprint density at radius 2 is 1.35 bits per heavy atom. The Morgan fingerprint density at radius 3 is 1.70 bits per heavy atom. The lowest BCUT2D eigenvalue weighted by atomic mass is 10.3. The molecule has 2 N–H and O–H groups in total. The van der Waals surface area contributed by atoms with E-state index in [0.717, 1.165) is 0 Å². The van der Waals surface area contributed by atoms with Gasteiger partial charge in [-0.25, -0.2) is 0 Å². The predicted octanol–water partition coefficient (Wildman–Crippen LogP) is 2.55. The fraction of sp³-hybridized carbons (Fsp3) is 0.500. The van der Waals surface area contributed by atoms with E-state index >= 15 is 0 Å². The zero-order chi connectivity index (χ0) is 15.8. The molecule has 8 heteroatoms. The number of rotatable bonds is 5. The maximum atomic E-state index is 13.1. The van der Waals surface area contributed by atoms with Crippen LogP contribution in [0, 0.1) is 0 Å². The number of aromatic hydroxyl groups is 2. The normalized spacial score (nSPS) is 13.6. The van der Waals surface area contributed by atoms with Crippen molar-refractivity contribution < 1.29 is 23.5 Å². The van der Waals surface area contributed by atoms with E-state index < -0.39 is 24.6 Å². The third-order valence-electron chi connectivity index (χ3n) is 2.06. The molecular formula is C12H23O5PSi2. The highest BCUT2D eigenvalue weighted by atomic mass is 31.2. The Morgan fingerprint density at radius 1 is 0.900 bits per heavy atom. The summed E-state index contributed by atoms with van der Waals surface area (Å²) in [7, 11) is -7.74. The molecule has 0 aromatic heterocycles. The minimum Gasteiger partial charge on any atom is -0.629 e. The van der Waals surface area contributed by atoms with Crippen molar-refractivity contribution in [1.82, 2.24) is 0 Å². The fourth-order valence-corrected chi connectivity index (χ4v) is 9.16. The summed E-state index contributed by atoms with van der Waals surface area (Å²) in [5, 5.41) is 19.2. The molecule has 5 nitrogen and oxygen atoms in total. The van der Waals surface area contributed by atoms with Gasteiger partial charge in [0, 0.05) is 6.07 Å². The fourth-order valence-electron chi connectivity index (χ4n) is 1.53. The summed E-state index contributed by atoms with van der Waals surface area (Å²) in [5.41, 5.74) is 0. The first-order valence-electron chi connectivity index (χ1n) is 6.36. The highest BCUT2D eigenvalue weighted by Crippen LogP contribution is 2.56. The predicted molar refractivity (Wildman–Crippen MR) is 85.2 cm³/mol. The van der Waals surface area contributed by atoms with E-state index in [9.17, 15) is 15.1 Å². The highest BCUT2D eigenvalue weighted by Gasteiger charge is 2.43. The van der Waals surface area contributed by atoms with Gasteiger partial charge >= 0.3 is 0 Å². The highest BCUT2D eigenvalue weighted by molar-refractivity contribution is 7.69. The molecule has 0 atom stereocenters. The Kier molecular flexibility index (Phi) is 5.06. The molecular weight excluding hydrogens is 311 g/mol. The molecule has 1 rings (SSSR count). The molecule has 1 aromatic carbocycles. The van der Waals surface area contributed by atoms with Crippen LogP contribution in [-0.4, -0.2) is 26.8 Å². The van der Waals surface area contributed by atoms with Gasteiger partial charge in [-0.2, -0.15) is 0 Å². The van der Waals surface area contributed by atoms with E-state index in [-0.39, 0.29) is 16.8 Å². The van der Waals surface area contributed by atoms with Gasteiger partial charge in [0.1, 0.15) is 5.30 Å². The van der Waals surface area contributed by atoms with Crippen molar-refractivity contribution in [3.05, 3.63) is 18.2 Å². The largest absolute Gasteiger partial charge is 0.629 e. The molecule has 0 aliphatic rings. The van der Waals surface area contributed by atoms with Gasteiger partial charge in [-0.15, -0.1) is 0 Å². The Bertz CT molecular complexity index is 466. The summed E-state index contributed by atoms with van der Waals surface area (Å²) in [4.78, 5) is 13.1. The van der Waals surface area contributed by atoms with Crippen LogP contribution in [0.4, 0.5) is 0 Å². The van der Waals surface area contributed by atoms with E-state index in [1.807, 2.05) is 39.3 Å². The maximum absolute atomic E-state index is 13.1. The third kappa shape index (κ3) is 5.16. The summed E-state index contributed by atoms with van der Waals surface area (Å²) in [6.07, 6.45) is 0. The van der Waals surface area contributed by atoms with Gasteiger partial charge in [0.25, 0.3) is 0 Å². The lowest BCUT2D eigenvalue weighted by molar-refractivity contribution is -0.199.